The minimum Gasteiger partial charge on any atom is -0.329 e. The van der Waals surface area contributed by atoms with Gasteiger partial charge in [-0.3, -0.25) is 0 Å². The van der Waals surface area contributed by atoms with Crippen LogP contribution in [0.25, 0.3) is 0 Å². The smallest absolute Gasteiger partial charge is 0.113 e. The van der Waals surface area contributed by atoms with Crippen molar-refractivity contribution in [3.63, 3.8) is 0 Å². The maximum absolute atomic E-state index is 6.50. The Balaban J connectivity index is 1.81. The van der Waals surface area contributed by atoms with Gasteiger partial charge in [0.25, 0.3) is 0 Å². The third-order valence-corrected chi connectivity index (χ3v) is 5.18. The molecule has 0 amide bonds. The van der Waals surface area contributed by atoms with Crippen molar-refractivity contribution >= 4 is 11.6 Å². The van der Waals surface area contributed by atoms with Gasteiger partial charge in [-0.1, -0.05) is 61.0 Å². The van der Waals surface area contributed by atoms with E-state index in [1.807, 2.05) is 36.5 Å². The molecule has 0 aliphatic rings. The van der Waals surface area contributed by atoms with Crippen LogP contribution in [0.1, 0.15) is 54.5 Å². The quantitative estimate of drug-likeness (QED) is 0.601. The molecule has 0 radical (unpaired) electrons. The van der Waals surface area contributed by atoms with E-state index >= 15 is 0 Å². The fraction of sp³-hybridized carbons (Fsp3) is 0.318. The van der Waals surface area contributed by atoms with E-state index in [1.165, 1.54) is 11.3 Å². The first kappa shape index (κ1) is 18.7. The summed E-state index contributed by atoms with van der Waals surface area (Å²) in [5.74, 6) is 1.10. The highest BCUT2D eigenvalue weighted by atomic mass is 35.5. The second-order valence-electron chi connectivity index (χ2n) is 6.80. The Morgan fingerprint density at radius 1 is 1.08 bits per heavy atom. The minimum absolute atomic E-state index is 0.0245. The molecular formula is C22H26ClN3. The Bertz CT molecular complexity index is 824. The molecule has 136 valence electrons. The summed E-state index contributed by atoms with van der Waals surface area (Å²) >= 11 is 6.00. The van der Waals surface area contributed by atoms with Crippen molar-refractivity contribution in [1.82, 2.24) is 9.55 Å². The number of aromatic nitrogens is 2. The van der Waals surface area contributed by atoms with Gasteiger partial charge in [-0.15, -0.1) is 0 Å². The van der Waals surface area contributed by atoms with Crippen molar-refractivity contribution in [3.8, 4) is 0 Å². The Hall–Kier alpha value is -2.10. The third-order valence-electron chi connectivity index (χ3n) is 4.92. The van der Waals surface area contributed by atoms with Gasteiger partial charge < -0.3 is 10.3 Å². The van der Waals surface area contributed by atoms with Crippen LogP contribution in [0.2, 0.25) is 5.02 Å². The van der Waals surface area contributed by atoms with Gasteiger partial charge in [0, 0.05) is 35.4 Å². The molecule has 2 atom stereocenters. The zero-order valence-corrected chi connectivity index (χ0v) is 16.2. The number of imidazole rings is 1. The highest BCUT2D eigenvalue weighted by Gasteiger charge is 2.20. The summed E-state index contributed by atoms with van der Waals surface area (Å²) < 4.78 is 2.36. The second kappa shape index (κ2) is 8.52. The average Bonchev–Trinajstić information content (AvgIpc) is 3.01. The molecule has 26 heavy (non-hydrogen) atoms. The molecule has 2 N–H and O–H groups in total. The van der Waals surface area contributed by atoms with Crippen molar-refractivity contribution in [2.24, 2.45) is 5.73 Å². The highest BCUT2D eigenvalue weighted by Crippen LogP contribution is 2.28. The summed E-state index contributed by atoms with van der Waals surface area (Å²) in [4.78, 5) is 4.68. The van der Waals surface area contributed by atoms with Crippen LogP contribution >= 0.6 is 11.6 Å². The van der Waals surface area contributed by atoms with Gasteiger partial charge in [0.1, 0.15) is 5.82 Å². The number of aryl methyl sites for hydroxylation is 1. The van der Waals surface area contributed by atoms with Crippen molar-refractivity contribution < 1.29 is 0 Å². The average molecular weight is 368 g/mol. The molecule has 0 aliphatic carbocycles. The maximum Gasteiger partial charge on any atom is 0.113 e. The lowest BCUT2D eigenvalue weighted by atomic mass is 9.98. The van der Waals surface area contributed by atoms with Gasteiger partial charge in [0.2, 0.25) is 0 Å². The normalized spacial score (nSPS) is 13.5. The summed E-state index contributed by atoms with van der Waals surface area (Å²) in [6.45, 7) is 4.34. The van der Waals surface area contributed by atoms with Gasteiger partial charge in [0.15, 0.2) is 0 Å². The summed E-state index contributed by atoms with van der Waals surface area (Å²) in [6.07, 6.45) is 4.69. The number of halogens is 1. The van der Waals surface area contributed by atoms with Crippen LogP contribution in [0.4, 0.5) is 0 Å². The fourth-order valence-electron chi connectivity index (χ4n) is 3.50. The lowest BCUT2D eigenvalue weighted by Gasteiger charge is -2.25. The summed E-state index contributed by atoms with van der Waals surface area (Å²) in [6, 6.07) is 18.6. The van der Waals surface area contributed by atoms with Crippen LogP contribution in [0.15, 0.2) is 60.8 Å². The number of hydrogen-bond acceptors (Lipinski definition) is 2. The van der Waals surface area contributed by atoms with Crippen molar-refractivity contribution in [2.45, 2.75) is 45.2 Å². The zero-order chi connectivity index (χ0) is 18.5. The molecule has 2 aromatic carbocycles. The largest absolute Gasteiger partial charge is 0.329 e. The molecule has 2 unspecified atom stereocenters. The third kappa shape index (κ3) is 4.35. The van der Waals surface area contributed by atoms with Crippen molar-refractivity contribution in [3.05, 3.63) is 88.5 Å². The van der Waals surface area contributed by atoms with Crippen LogP contribution in [0, 0.1) is 6.92 Å². The molecule has 0 saturated heterocycles. The predicted octanol–water partition coefficient (Wildman–Crippen LogP) is 5.48. The van der Waals surface area contributed by atoms with E-state index in [1.54, 1.807) is 0 Å². The van der Waals surface area contributed by atoms with E-state index in [0.29, 0.717) is 6.04 Å². The first-order chi connectivity index (χ1) is 12.6. The van der Waals surface area contributed by atoms with E-state index in [4.69, 9.17) is 17.3 Å². The SMILES string of the molecule is CCC(CC(N)c1ccc(Cl)cc1)n1c(C)cnc1Cc1ccccc1. The molecule has 0 spiro atoms. The van der Waals surface area contributed by atoms with E-state index in [0.717, 1.165) is 35.7 Å². The number of nitrogens with two attached hydrogens (primary N) is 1. The Labute approximate surface area is 160 Å². The fourth-order valence-corrected chi connectivity index (χ4v) is 3.62. The minimum atomic E-state index is -0.0245. The molecule has 0 fully saturated rings. The maximum atomic E-state index is 6.50. The van der Waals surface area contributed by atoms with Crippen LogP contribution in [0.3, 0.4) is 0 Å². The first-order valence-corrected chi connectivity index (χ1v) is 9.54. The predicted molar refractivity (Wildman–Crippen MR) is 109 cm³/mol. The van der Waals surface area contributed by atoms with Crippen LogP contribution in [-0.2, 0) is 6.42 Å². The van der Waals surface area contributed by atoms with Gasteiger partial charge in [-0.2, -0.15) is 0 Å². The van der Waals surface area contributed by atoms with Crippen molar-refractivity contribution in [1.29, 1.82) is 0 Å². The topological polar surface area (TPSA) is 43.8 Å². The highest BCUT2D eigenvalue weighted by molar-refractivity contribution is 6.30. The Morgan fingerprint density at radius 2 is 1.77 bits per heavy atom. The van der Waals surface area contributed by atoms with Crippen LogP contribution in [0.5, 0.6) is 0 Å². The molecule has 4 heteroatoms. The molecule has 3 nitrogen and oxygen atoms in total. The van der Waals surface area contributed by atoms with Crippen molar-refractivity contribution in [2.75, 3.05) is 0 Å². The standard InChI is InChI=1S/C22H26ClN3/c1-3-20(14-21(24)18-9-11-19(23)12-10-18)26-16(2)15-25-22(26)13-17-7-5-4-6-8-17/h4-12,15,20-21H,3,13-14,24H2,1-2H3. The van der Waals surface area contributed by atoms with E-state index in [-0.39, 0.29) is 6.04 Å². The lowest BCUT2D eigenvalue weighted by molar-refractivity contribution is 0.399. The molecule has 0 aliphatic heterocycles. The van der Waals surface area contributed by atoms with Gasteiger partial charge >= 0.3 is 0 Å². The van der Waals surface area contributed by atoms with Gasteiger partial charge in [-0.05, 0) is 43.0 Å². The molecule has 0 saturated carbocycles. The summed E-state index contributed by atoms with van der Waals surface area (Å²) in [7, 11) is 0. The zero-order valence-electron chi connectivity index (χ0n) is 15.4. The summed E-state index contributed by atoms with van der Waals surface area (Å²) in [5, 5.41) is 0.739. The number of rotatable bonds is 7. The number of nitrogens with zero attached hydrogens (tertiary/aromatic N) is 2. The van der Waals surface area contributed by atoms with E-state index < -0.39 is 0 Å². The number of hydrogen-bond donors (Lipinski definition) is 1. The Kier molecular flexibility index (Phi) is 6.12. The molecule has 3 rings (SSSR count). The van der Waals surface area contributed by atoms with Gasteiger partial charge in [-0.25, -0.2) is 4.98 Å². The second-order valence-corrected chi connectivity index (χ2v) is 7.24. The van der Waals surface area contributed by atoms with E-state index in [9.17, 15) is 0 Å². The first-order valence-electron chi connectivity index (χ1n) is 9.16. The lowest BCUT2D eigenvalue weighted by Crippen LogP contribution is -2.20. The monoisotopic (exact) mass is 367 g/mol. The number of benzene rings is 2. The molecule has 0 bridgehead atoms. The molecule has 1 heterocycles. The van der Waals surface area contributed by atoms with Crippen LogP contribution < -0.4 is 5.73 Å². The van der Waals surface area contributed by atoms with Gasteiger partial charge in [0.05, 0.1) is 0 Å². The molecule has 1 aromatic heterocycles. The van der Waals surface area contributed by atoms with E-state index in [2.05, 4.69) is 47.7 Å². The molecule has 3 aromatic rings. The molecular weight excluding hydrogens is 342 g/mol. The van der Waals surface area contributed by atoms with Crippen LogP contribution in [-0.4, -0.2) is 9.55 Å². The Morgan fingerprint density at radius 3 is 2.42 bits per heavy atom. The summed E-state index contributed by atoms with van der Waals surface area (Å²) in [5.41, 5.74) is 10.1.